The normalized spacial score (nSPS) is 14.3. The van der Waals surface area contributed by atoms with Crippen molar-refractivity contribution in [3.63, 3.8) is 0 Å². The molecular formula is C20H25N3O3S2. The summed E-state index contributed by atoms with van der Waals surface area (Å²) in [6, 6.07) is 12.7. The lowest BCUT2D eigenvalue weighted by molar-refractivity contribution is -0.116. The molecule has 0 unspecified atom stereocenters. The number of carbonyl (C=O) groups excluding carboxylic acids is 1. The maximum atomic E-state index is 12.8. The fraction of sp³-hybridized carbons (Fsp3) is 0.350. The van der Waals surface area contributed by atoms with Crippen LogP contribution in [-0.2, 0) is 21.4 Å². The van der Waals surface area contributed by atoms with Crippen molar-refractivity contribution in [2.24, 2.45) is 0 Å². The predicted octanol–water partition coefficient (Wildman–Crippen LogP) is 3.08. The zero-order valence-electron chi connectivity index (χ0n) is 16.3. The second-order valence-corrected chi connectivity index (χ2v) is 9.79. The van der Waals surface area contributed by atoms with Crippen molar-refractivity contribution in [3.05, 3.63) is 48.0 Å². The molecule has 0 fully saturated rings. The minimum Gasteiger partial charge on any atom is -0.378 e. The average Bonchev–Trinajstić information content (AvgIpc) is 2.88. The first-order valence-electron chi connectivity index (χ1n) is 9.09. The summed E-state index contributed by atoms with van der Waals surface area (Å²) < 4.78 is 28.3. The SMILES string of the molecule is CC(=O)N1CCCSc2ccc(S(=O)(=O)NCc3ccc(N(C)C)cc3)cc21. The van der Waals surface area contributed by atoms with Gasteiger partial charge in [-0.1, -0.05) is 12.1 Å². The van der Waals surface area contributed by atoms with Crippen LogP contribution in [0.25, 0.3) is 0 Å². The van der Waals surface area contributed by atoms with E-state index < -0.39 is 10.0 Å². The van der Waals surface area contributed by atoms with Crippen LogP contribution in [-0.4, -0.2) is 40.7 Å². The third kappa shape index (κ3) is 4.68. The van der Waals surface area contributed by atoms with Gasteiger partial charge in [-0.05, 0) is 48.1 Å². The summed E-state index contributed by atoms with van der Waals surface area (Å²) in [4.78, 5) is 16.8. The Morgan fingerprint density at radius 3 is 2.54 bits per heavy atom. The highest BCUT2D eigenvalue weighted by Gasteiger charge is 2.22. The van der Waals surface area contributed by atoms with E-state index in [1.807, 2.05) is 43.3 Å². The van der Waals surface area contributed by atoms with Crippen molar-refractivity contribution in [1.82, 2.24) is 4.72 Å². The first kappa shape index (κ1) is 20.7. The van der Waals surface area contributed by atoms with Gasteiger partial charge in [0.2, 0.25) is 15.9 Å². The van der Waals surface area contributed by atoms with Gasteiger partial charge in [0.1, 0.15) is 0 Å². The molecular weight excluding hydrogens is 394 g/mol. The molecule has 0 saturated heterocycles. The number of hydrogen-bond acceptors (Lipinski definition) is 5. The fourth-order valence-corrected chi connectivity index (χ4v) is 5.04. The van der Waals surface area contributed by atoms with Gasteiger partial charge in [-0.25, -0.2) is 13.1 Å². The van der Waals surface area contributed by atoms with Crippen molar-refractivity contribution >= 4 is 39.1 Å². The van der Waals surface area contributed by atoms with Gasteiger partial charge in [-0.3, -0.25) is 4.79 Å². The number of nitrogens with zero attached hydrogens (tertiary/aromatic N) is 2. The summed E-state index contributed by atoms with van der Waals surface area (Å²) in [6.07, 6.45) is 0.877. The quantitative estimate of drug-likeness (QED) is 0.807. The molecule has 0 aromatic heterocycles. The van der Waals surface area contributed by atoms with Crippen LogP contribution in [0.1, 0.15) is 18.9 Å². The van der Waals surface area contributed by atoms with Crippen molar-refractivity contribution < 1.29 is 13.2 Å². The number of amides is 1. The van der Waals surface area contributed by atoms with Gasteiger partial charge in [-0.15, -0.1) is 11.8 Å². The molecule has 0 aliphatic carbocycles. The summed E-state index contributed by atoms with van der Waals surface area (Å²) in [5.41, 5.74) is 2.61. The summed E-state index contributed by atoms with van der Waals surface area (Å²) in [6.45, 7) is 2.32. The van der Waals surface area contributed by atoms with Crippen LogP contribution in [0.5, 0.6) is 0 Å². The van der Waals surface area contributed by atoms with Gasteiger partial charge < -0.3 is 9.80 Å². The Bertz CT molecular complexity index is 957. The molecule has 8 heteroatoms. The number of rotatable bonds is 5. The number of anilines is 2. The van der Waals surface area contributed by atoms with Gasteiger partial charge in [0.05, 0.1) is 10.6 Å². The van der Waals surface area contributed by atoms with Crippen molar-refractivity contribution in [3.8, 4) is 0 Å². The number of sulfonamides is 1. The van der Waals surface area contributed by atoms with E-state index in [0.717, 1.165) is 28.3 Å². The molecule has 1 N–H and O–H groups in total. The van der Waals surface area contributed by atoms with Gasteiger partial charge in [0.25, 0.3) is 0 Å². The average molecular weight is 420 g/mol. The summed E-state index contributed by atoms with van der Waals surface area (Å²) in [5, 5.41) is 0. The highest BCUT2D eigenvalue weighted by atomic mass is 32.2. The number of thioether (sulfide) groups is 1. The summed E-state index contributed by atoms with van der Waals surface area (Å²) in [5.74, 6) is 0.830. The maximum Gasteiger partial charge on any atom is 0.240 e. The molecule has 1 aliphatic rings. The molecule has 3 rings (SSSR count). The van der Waals surface area contributed by atoms with E-state index in [4.69, 9.17) is 0 Å². The molecule has 28 heavy (non-hydrogen) atoms. The van der Waals surface area contributed by atoms with Crippen molar-refractivity contribution in [2.75, 3.05) is 36.2 Å². The molecule has 0 bridgehead atoms. The molecule has 2 aromatic rings. The van der Waals surface area contributed by atoms with Crippen LogP contribution in [0.2, 0.25) is 0 Å². The van der Waals surface area contributed by atoms with E-state index in [1.165, 1.54) is 6.92 Å². The molecule has 1 heterocycles. The third-order valence-electron chi connectivity index (χ3n) is 4.61. The predicted molar refractivity (Wildman–Crippen MR) is 115 cm³/mol. The molecule has 0 spiro atoms. The Kier molecular flexibility index (Phi) is 6.32. The Morgan fingerprint density at radius 1 is 1.18 bits per heavy atom. The van der Waals surface area contributed by atoms with Crippen LogP contribution in [0, 0.1) is 0 Å². The molecule has 2 aromatic carbocycles. The summed E-state index contributed by atoms with van der Waals surface area (Å²) >= 11 is 1.65. The van der Waals surface area contributed by atoms with Crippen LogP contribution in [0.15, 0.2) is 52.3 Å². The van der Waals surface area contributed by atoms with Crippen LogP contribution < -0.4 is 14.5 Å². The first-order chi connectivity index (χ1) is 13.3. The Hall–Kier alpha value is -2.03. The van der Waals surface area contributed by atoms with Gasteiger partial charge in [0.15, 0.2) is 0 Å². The lowest BCUT2D eigenvalue weighted by Gasteiger charge is -2.21. The van der Waals surface area contributed by atoms with Crippen LogP contribution >= 0.6 is 11.8 Å². The van der Waals surface area contributed by atoms with E-state index >= 15 is 0 Å². The lowest BCUT2D eigenvalue weighted by Crippen LogP contribution is -2.30. The lowest BCUT2D eigenvalue weighted by atomic mass is 10.2. The Balaban J connectivity index is 1.81. The second-order valence-electron chi connectivity index (χ2n) is 6.89. The van der Waals surface area contributed by atoms with E-state index in [2.05, 4.69) is 4.72 Å². The highest BCUT2D eigenvalue weighted by molar-refractivity contribution is 7.99. The molecule has 0 atom stereocenters. The molecule has 0 saturated carbocycles. The Labute approximate surface area is 171 Å². The topological polar surface area (TPSA) is 69.7 Å². The fourth-order valence-electron chi connectivity index (χ4n) is 3.02. The van der Waals surface area contributed by atoms with Gasteiger partial charge >= 0.3 is 0 Å². The molecule has 0 radical (unpaired) electrons. The molecule has 1 amide bonds. The van der Waals surface area contributed by atoms with Crippen molar-refractivity contribution in [1.29, 1.82) is 0 Å². The molecule has 1 aliphatic heterocycles. The third-order valence-corrected chi connectivity index (χ3v) is 7.16. The number of nitrogens with one attached hydrogen (secondary N) is 1. The zero-order chi connectivity index (χ0) is 20.3. The molecule has 150 valence electrons. The zero-order valence-corrected chi connectivity index (χ0v) is 17.9. The standard InChI is InChI=1S/C20H25N3O3S2/c1-15(24)23-11-4-12-27-20-10-9-18(13-19(20)23)28(25,26)21-14-16-5-7-17(8-6-16)22(2)3/h5-10,13,21H,4,11-12,14H2,1-3H3. The maximum absolute atomic E-state index is 12.8. The highest BCUT2D eigenvalue weighted by Crippen LogP contribution is 2.35. The van der Waals surface area contributed by atoms with Crippen molar-refractivity contribution in [2.45, 2.75) is 29.7 Å². The summed E-state index contributed by atoms with van der Waals surface area (Å²) in [7, 11) is 0.227. The van der Waals surface area contributed by atoms with E-state index in [1.54, 1.807) is 34.9 Å². The smallest absolute Gasteiger partial charge is 0.240 e. The first-order valence-corrected chi connectivity index (χ1v) is 11.6. The van der Waals surface area contributed by atoms with Crippen LogP contribution in [0.3, 0.4) is 0 Å². The Morgan fingerprint density at radius 2 is 1.89 bits per heavy atom. The van der Waals surface area contributed by atoms with Crippen LogP contribution in [0.4, 0.5) is 11.4 Å². The van der Waals surface area contributed by atoms with E-state index in [0.29, 0.717) is 12.2 Å². The van der Waals surface area contributed by atoms with Gasteiger partial charge in [-0.2, -0.15) is 0 Å². The van der Waals surface area contributed by atoms with E-state index in [-0.39, 0.29) is 17.3 Å². The minimum atomic E-state index is -3.69. The minimum absolute atomic E-state index is 0.0766. The number of benzene rings is 2. The van der Waals surface area contributed by atoms with Gasteiger partial charge in [0, 0.05) is 44.7 Å². The number of fused-ring (bicyclic) bond motifs is 1. The monoisotopic (exact) mass is 419 g/mol. The largest absolute Gasteiger partial charge is 0.378 e. The number of hydrogen-bond donors (Lipinski definition) is 1. The molecule has 6 nitrogen and oxygen atoms in total. The number of carbonyl (C=O) groups is 1. The second kappa shape index (κ2) is 8.55. The van der Waals surface area contributed by atoms with E-state index in [9.17, 15) is 13.2 Å².